The van der Waals surface area contributed by atoms with Crippen molar-refractivity contribution in [3.63, 3.8) is 0 Å². The van der Waals surface area contributed by atoms with Gasteiger partial charge in [0.2, 0.25) is 10.0 Å². The monoisotopic (exact) mass is 312 g/mol. The summed E-state index contributed by atoms with van der Waals surface area (Å²) in [4.78, 5) is 2.48. The molecule has 1 fully saturated rings. The van der Waals surface area contributed by atoms with Crippen molar-refractivity contribution >= 4 is 10.0 Å². The molecule has 2 unspecified atom stereocenters. The number of nitrogens with one attached hydrogen (secondary N) is 1. The summed E-state index contributed by atoms with van der Waals surface area (Å²) in [6.07, 6.45) is 0. The van der Waals surface area contributed by atoms with Crippen LogP contribution in [-0.2, 0) is 10.0 Å². The number of methoxy groups -OCH3 is 1. The summed E-state index contributed by atoms with van der Waals surface area (Å²) >= 11 is 0. The highest BCUT2D eigenvalue weighted by Crippen LogP contribution is 2.27. The summed E-state index contributed by atoms with van der Waals surface area (Å²) in [7, 11) is 0.0846. The van der Waals surface area contributed by atoms with Gasteiger partial charge in [-0.15, -0.1) is 0 Å². The minimum absolute atomic E-state index is 0.0400. The molecular weight excluding hydrogens is 288 g/mol. The van der Waals surface area contributed by atoms with Gasteiger partial charge in [0.15, 0.2) is 0 Å². The summed E-state index contributed by atoms with van der Waals surface area (Å²) in [6, 6.07) is 3.29. The number of rotatable bonds is 4. The van der Waals surface area contributed by atoms with Gasteiger partial charge in [-0.05, 0) is 50.1 Å². The molecule has 1 aliphatic heterocycles. The van der Waals surface area contributed by atoms with E-state index in [1.54, 1.807) is 19.2 Å². The second kappa shape index (κ2) is 5.94. The van der Waals surface area contributed by atoms with Crippen LogP contribution in [0.25, 0.3) is 0 Å². The van der Waals surface area contributed by atoms with Gasteiger partial charge in [0.25, 0.3) is 0 Å². The fourth-order valence-corrected chi connectivity index (χ4v) is 4.54. The van der Waals surface area contributed by atoms with Gasteiger partial charge < -0.3 is 9.64 Å². The van der Waals surface area contributed by atoms with E-state index in [0.717, 1.165) is 24.2 Å². The normalized spacial score (nSPS) is 23.5. The van der Waals surface area contributed by atoms with Gasteiger partial charge in [0.05, 0.1) is 12.0 Å². The molecule has 1 N–H and O–H groups in total. The van der Waals surface area contributed by atoms with Crippen molar-refractivity contribution < 1.29 is 13.2 Å². The van der Waals surface area contributed by atoms with Crippen LogP contribution in [0.3, 0.4) is 0 Å². The van der Waals surface area contributed by atoms with Crippen molar-refractivity contribution in [3.05, 3.63) is 23.3 Å². The summed E-state index contributed by atoms with van der Waals surface area (Å²) in [5.41, 5.74) is 1.60. The number of benzene rings is 1. The molecule has 0 aliphatic carbocycles. The third kappa shape index (κ3) is 3.22. The predicted octanol–water partition coefficient (Wildman–Crippen LogP) is 1.54. The molecule has 0 saturated carbocycles. The minimum Gasteiger partial charge on any atom is -0.496 e. The Hall–Kier alpha value is -1.11. The molecule has 2 rings (SSSR count). The van der Waals surface area contributed by atoms with Crippen molar-refractivity contribution in [2.75, 3.05) is 27.2 Å². The maximum atomic E-state index is 12.6. The van der Waals surface area contributed by atoms with Crippen molar-refractivity contribution in [1.29, 1.82) is 0 Å². The number of hydrogen-bond acceptors (Lipinski definition) is 4. The summed E-state index contributed by atoms with van der Waals surface area (Å²) in [6.45, 7) is 7.42. The van der Waals surface area contributed by atoms with Crippen LogP contribution in [0.4, 0.5) is 0 Å². The fraction of sp³-hybridized carbons (Fsp3) is 0.600. The molecule has 0 aromatic heterocycles. The van der Waals surface area contributed by atoms with Crippen LogP contribution in [0.15, 0.2) is 17.0 Å². The molecule has 2 atom stereocenters. The Balaban J connectivity index is 2.30. The molecule has 1 heterocycles. The first-order chi connectivity index (χ1) is 9.76. The van der Waals surface area contributed by atoms with Crippen LogP contribution in [0.2, 0.25) is 0 Å². The first-order valence-corrected chi connectivity index (χ1v) is 8.59. The summed E-state index contributed by atoms with van der Waals surface area (Å²) < 4.78 is 33.4. The van der Waals surface area contributed by atoms with E-state index in [1.807, 2.05) is 20.9 Å². The van der Waals surface area contributed by atoms with E-state index in [1.165, 1.54) is 0 Å². The van der Waals surface area contributed by atoms with E-state index in [0.29, 0.717) is 16.6 Å². The van der Waals surface area contributed by atoms with E-state index < -0.39 is 10.0 Å². The van der Waals surface area contributed by atoms with E-state index in [9.17, 15) is 8.42 Å². The van der Waals surface area contributed by atoms with E-state index in [-0.39, 0.29) is 6.04 Å². The number of likely N-dealkylation sites (tertiary alicyclic amines) is 1. The predicted molar refractivity (Wildman–Crippen MR) is 83.2 cm³/mol. The molecule has 6 heteroatoms. The Morgan fingerprint density at radius 1 is 1.24 bits per heavy atom. The second-order valence-corrected chi connectivity index (χ2v) is 7.62. The highest BCUT2D eigenvalue weighted by Gasteiger charge is 2.32. The van der Waals surface area contributed by atoms with Crippen molar-refractivity contribution in [2.24, 2.45) is 5.92 Å². The number of sulfonamides is 1. The molecule has 118 valence electrons. The van der Waals surface area contributed by atoms with E-state index in [4.69, 9.17) is 4.74 Å². The molecule has 21 heavy (non-hydrogen) atoms. The van der Waals surface area contributed by atoms with Crippen molar-refractivity contribution in [2.45, 2.75) is 31.7 Å². The number of hydrogen-bond donors (Lipinski definition) is 1. The van der Waals surface area contributed by atoms with Crippen molar-refractivity contribution in [3.8, 4) is 5.75 Å². The zero-order chi connectivity index (χ0) is 15.8. The SMILES string of the molecule is COc1ccc(S(=O)(=O)NC2CN(C)CC2C)c(C)c1C. The molecule has 0 spiro atoms. The van der Waals surface area contributed by atoms with Gasteiger partial charge in [-0.2, -0.15) is 0 Å². The molecule has 0 radical (unpaired) electrons. The zero-order valence-corrected chi connectivity index (χ0v) is 14.1. The third-order valence-corrected chi connectivity index (χ3v) is 5.93. The highest BCUT2D eigenvalue weighted by atomic mass is 32.2. The molecule has 0 bridgehead atoms. The lowest BCUT2D eigenvalue weighted by molar-refractivity contribution is 0.400. The first kappa shape index (κ1) is 16.3. The van der Waals surface area contributed by atoms with Crippen LogP contribution < -0.4 is 9.46 Å². The molecule has 5 nitrogen and oxygen atoms in total. The van der Waals surface area contributed by atoms with Crippen LogP contribution in [-0.4, -0.2) is 46.6 Å². The van der Waals surface area contributed by atoms with Gasteiger partial charge in [-0.25, -0.2) is 13.1 Å². The van der Waals surface area contributed by atoms with Gasteiger partial charge in [-0.3, -0.25) is 0 Å². The Kier molecular flexibility index (Phi) is 4.60. The molecule has 1 aliphatic rings. The average Bonchev–Trinajstić information content (AvgIpc) is 2.70. The largest absolute Gasteiger partial charge is 0.496 e. The fourth-order valence-electron chi connectivity index (χ4n) is 2.91. The van der Waals surface area contributed by atoms with Gasteiger partial charge in [-0.1, -0.05) is 6.92 Å². The van der Waals surface area contributed by atoms with Gasteiger partial charge in [0, 0.05) is 19.1 Å². The van der Waals surface area contributed by atoms with Crippen LogP contribution in [0.1, 0.15) is 18.1 Å². The molecular formula is C15H24N2O3S. The zero-order valence-electron chi connectivity index (χ0n) is 13.3. The lowest BCUT2D eigenvalue weighted by Crippen LogP contribution is -2.39. The van der Waals surface area contributed by atoms with Crippen LogP contribution >= 0.6 is 0 Å². The Labute approximate surface area is 127 Å². The second-order valence-electron chi connectivity index (χ2n) is 5.94. The van der Waals surface area contributed by atoms with Gasteiger partial charge in [0.1, 0.15) is 5.75 Å². The summed E-state index contributed by atoms with van der Waals surface area (Å²) in [5, 5.41) is 0. The van der Waals surface area contributed by atoms with Crippen molar-refractivity contribution in [1.82, 2.24) is 9.62 Å². The first-order valence-electron chi connectivity index (χ1n) is 7.11. The topological polar surface area (TPSA) is 58.6 Å². The maximum absolute atomic E-state index is 12.6. The molecule has 1 aromatic rings. The Bertz CT molecular complexity index is 628. The molecule has 1 saturated heterocycles. The smallest absolute Gasteiger partial charge is 0.241 e. The standard InChI is InChI=1S/C15H24N2O3S/c1-10-8-17(4)9-13(10)16-21(18,19)15-7-6-14(20-5)11(2)12(15)3/h6-7,10,13,16H,8-9H2,1-5H3. The molecule has 0 amide bonds. The third-order valence-electron chi connectivity index (χ3n) is 4.30. The number of ether oxygens (including phenoxy) is 1. The van der Waals surface area contributed by atoms with Crippen LogP contribution in [0.5, 0.6) is 5.75 Å². The van der Waals surface area contributed by atoms with Crippen LogP contribution in [0, 0.1) is 19.8 Å². The average molecular weight is 312 g/mol. The number of likely N-dealkylation sites (N-methyl/N-ethyl adjacent to an activating group) is 1. The highest BCUT2D eigenvalue weighted by molar-refractivity contribution is 7.89. The minimum atomic E-state index is -3.51. The molecule has 1 aromatic carbocycles. The number of nitrogens with zero attached hydrogens (tertiary/aromatic N) is 1. The Morgan fingerprint density at radius 2 is 1.90 bits per heavy atom. The lowest BCUT2D eigenvalue weighted by atomic mass is 10.1. The summed E-state index contributed by atoms with van der Waals surface area (Å²) in [5.74, 6) is 1.02. The maximum Gasteiger partial charge on any atom is 0.241 e. The quantitative estimate of drug-likeness (QED) is 0.916. The van der Waals surface area contributed by atoms with Gasteiger partial charge >= 0.3 is 0 Å². The lowest BCUT2D eigenvalue weighted by Gasteiger charge is -2.19. The van der Waals surface area contributed by atoms with E-state index >= 15 is 0 Å². The van der Waals surface area contributed by atoms with E-state index in [2.05, 4.69) is 16.5 Å². The Morgan fingerprint density at radius 3 is 2.43 bits per heavy atom.